The predicted molar refractivity (Wildman–Crippen MR) is 45.3 cm³/mol. The molecule has 1 aromatic rings. The standard InChI is InChI=1S/C7H11N5O2/c13-4-5-2-1-3-12(5)7(14)6-8-10-11-9-6/h5,13H,1-4H2,(H,8,9,10,11)/t5-/m0/s1. The van der Waals surface area contributed by atoms with Crippen molar-refractivity contribution in [3.8, 4) is 0 Å². The molecule has 0 unspecified atom stereocenters. The normalized spacial score (nSPS) is 21.5. The summed E-state index contributed by atoms with van der Waals surface area (Å²) in [4.78, 5) is 13.3. The van der Waals surface area contributed by atoms with Crippen LogP contribution in [0.25, 0.3) is 0 Å². The van der Waals surface area contributed by atoms with Crippen molar-refractivity contribution >= 4 is 5.91 Å². The van der Waals surface area contributed by atoms with Crippen molar-refractivity contribution in [2.75, 3.05) is 13.2 Å². The Kier molecular flexibility index (Phi) is 2.40. The van der Waals surface area contributed by atoms with Gasteiger partial charge in [-0.3, -0.25) is 4.79 Å². The molecule has 1 aliphatic heterocycles. The zero-order chi connectivity index (χ0) is 9.97. The Morgan fingerprint density at radius 2 is 2.57 bits per heavy atom. The number of nitrogens with one attached hydrogen (secondary N) is 1. The largest absolute Gasteiger partial charge is 0.394 e. The lowest BCUT2D eigenvalue weighted by Crippen LogP contribution is -2.38. The van der Waals surface area contributed by atoms with Crippen LogP contribution in [0.1, 0.15) is 23.5 Å². The Morgan fingerprint density at radius 1 is 1.71 bits per heavy atom. The molecule has 2 N–H and O–H groups in total. The van der Waals surface area contributed by atoms with Gasteiger partial charge >= 0.3 is 0 Å². The van der Waals surface area contributed by atoms with Crippen LogP contribution in [0, 0.1) is 0 Å². The van der Waals surface area contributed by atoms with Gasteiger partial charge in [-0.2, -0.15) is 5.21 Å². The number of aromatic amines is 1. The number of rotatable bonds is 2. The maximum Gasteiger partial charge on any atom is 0.295 e. The number of aliphatic hydroxyl groups is 1. The predicted octanol–water partition coefficient (Wildman–Crippen LogP) is -1.20. The van der Waals surface area contributed by atoms with Crippen LogP contribution in [0.5, 0.6) is 0 Å². The molecule has 0 radical (unpaired) electrons. The highest BCUT2D eigenvalue weighted by Crippen LogP contribution is 2.17. The molecule has 0 spiro atoms. The summed E-state index contributed by atoms with van der Waals surface area (Å²) in [6.45, 7) is 0.641. The zero-order valence-electron chi connectivity index (χ0n) is 7.55. The van der Waals surface area contributed by atoms with Gasteiger partial charge in [0.05, 0.1) is 12.6 Å². The Morgan fingerprint density at radius 3 is 3.21 bits per heavy atom. The molecule has 1 saturated heterocycles. The molecule has 0 aromatic carbocycles. The van der Waals surface area contributed by atoms with Crippen molar-refractivity contribution in [2.45, 2.75) is 18.9 Å². The van der Waals surface area contributed by atoms with E-state index in [2.05, 4.69) is 20.6 Å². The first-order valence-corrected chi connectivity index (χ1v) is 4.48. The number of tetrazole rings is 1. The number of aliphatic hydroxyl groups excluding tert-OH is 1. The van der Waals surface area contributed by atoms with Gasteiger partial charge in [0.25, 0.3) is 11.7 Å². The minimum Gasteiger partial charge on any atom is -0.394 e. The second-order valence-electron chi connectivity index (χ2n) is 3.21. The number of aromatic nitrogens is 4. The van der Waals surface area contributed by atoms with Gasteiger partial charge in [0.2, 0.25) is 0 Å². The van der Waals surface area contributed by atoms with Gasteiger partial charge in [-0.15, -0.1) is 10.2 Å². The van der Waals surface area contributed by atoms with Crippen LogP contribution in [0.15, 0.2) is 0 Å². The van der Waals surface area contributed by atoms with Crippen LogP contribution >= 0.6 is 0 Å². The molecule has 1 atom stereocenters. The summed E-state index contributed by atoms with van der Waals surface area (Å²) >= 11 is 0. The maximum atomic E-state index is 11.7. The number of amides is 1. The van der Waals surface area contributed by atoms with Crippen LogP contribution < -0.4 is 0 Å². The van der Waals surface area contributed by atoms with Crippen molar-refractivity contribution in [3.63, 3.8) is 0 Å². The topological polar surface area (TPSA) is 95.0 Å². The minimum atomic E-state index is -0.268. The molecule has 0 saturated carbocycles. The summed E-state index contributed by atoms with van der Waals surface area (Å²) in [5.74, 6) is -0.208. The fraction of sp³-hybridized carbons (Fsp3) is 0.714. The summed E-state index contributed by atoms with van der Waals surface area (Å²) in [6, 6.07) is -0.0963. The third-order valence-electron chi connectivity index (χ3n) is 2.39. The summed E-state index contributed by atoms with van der Waals surface area (Å²) in [5, 5.41) is 21.8. The van der Waals surface area contributed by atoms with Gasteiger partial charge in [0.1, 0.15) is 0 Å². The first kappa shape index (κ1) is 9.07. The van der Waals surface area contributed by atoms with E-state index >= 15 is 0 Å². The van der Waals surface area contributed by atoms with Gasteiger partial charge in [0, 0.05) is 6.54 Å². The number of nitrogens with zero attached hydrogens (tertiary/aromatic N) is 4. The number of carbonyl (C=O) groups is 1. The average molecular weight is 197 g/mol. The Bertz CT molecular complexity index is 312. The molecule has 14 heavy (non-hydrogen) atoms. The number of hydrogen-bond acceptors (Lipinski definition) is 5. The first-order valence-electron chi connectivity index (χ1n) is 4.48. The lowest BCUT2D eigenvalue weighted by Gasteiger charge is -2.20. The van der Waals surface area contributed by atoms with Crippen LogP contribution in [0.4, 0.5) is 0 Å². The van der Waals surface area contributed by atoms with E-state index in [1.54, 1.807) is 4.90 Å². The smallest absolute Gasteiger partial charge is 0.295 e. The minimum absolute atomic E-state index is 0.0103. The van der Waals surface area contributed by atoms with E-state index in [1.165, 1.54) is 0 Å². The van der Waals surface area contributed by atoms with Crippen LogP contribution in [0.2, 0.25) is 0 Å². The molecule has 0 bridgehead atoms. The van der Waals surface area contributed by atoms with E-state index in [-0.39, 0.29) is 24.4 Å². The van der Waals surface area contributed by atoms with E-state index in [0.717, 1.165) is 12.8 Å². The highest BCUT2D eigenvalue weighted by molar-refractivity contribution is 5.90. The molecule has 1 aliphatic rings. The first-order chi connectivity index (χ1) is 6.83. The third kappa shape index (κ3) is 1.46. The molecule has 2 heterocycles. The SMILES string of the molecule is O=C(c1nn[nH]n1)N1CCC[C@H]1CO. The van der Waals surface area contributed by atoms with Crippen molar-refractivity contribution in [2.24, 2.45) is 0 Å². The molecule has 7 nitrogen and oxygen atoms in total. The van der Waals surface area contributed by atoms with E-state index in [9.17, 15) is 4.79 Å². The van der Waals surface area contributed by atoms with Gasteiger partial charge in [-0.1, -0.05) is 0 Å². The third-order valence-corrected chi connectivity index (χ3v) is 2.39. The molecule has 1 amide bonds. The zero-order valence-corrected chi connectivity index (χ0v) is 7.55. The summed E-state index contributed by atoms with van der Waals surface area (Å²) < 4.78 is 0. The summed E-state index contributed by atoms with van der Waals surface area (Å²) in [7, 11) is 0. The lowest BCUT2D eigenvalue weighted by atomic mass is 10.2. The molecular formula is C7H11N5O2. The molecular weight excluding hydrogens is 186 g/mol. The van der Waals surface area contributed by atoms with E-state index < -0.39 is 0 Å². The molecule has 0 aliphatic carbocycles. The summed E-state index contributed by atoms with van der Waals surface area (Å²) in [5.41, 5.74) is 0. The molecule has 2 rings (SSSR count). The fourth-order valence-corrected chi connectivity index (χ4v) is 1.67. The van der Waals surface area contributed by atoms with E-state index in [1.807, 2.05) is 0 Å². The quantitative estimate of drug-likeness (QED) is 0.620. The summed E-state index contributed by atoms with van der Waals surface area (Å²) in [6.07, 6.45) is 1.74. The Hall–Kier alpha value is -1.50. The number of carbonyl (C=O) groups excluding carboxylic acids is 1. The molecule has 1 aromatic heterocycles. The lowest BCUT2D eigenvalue weighted by molar-refractivity contribution is 0.0665. The van der Waals surface area contributed by atoms with Gasteiger partial charge in [-0.05, 0) is 18.1 Å². The highest BCUT2D eigenvalue weighted by atomic mass is 16.3. The van der Waals surface area contributed by atoms with Crippen LogP contribution in [0.3, 0.4) is 0 Å². The van der Waals surface area contributed by atoms with E-state index in [4.69, 9.17) is 5.11 Å². The van der Waals surface area contributed by atoms with Crippen LogP contribution in [-0.2, 0) is 0 Å². The van der Waals surface area contributed by atoms with Crippen molar-refractivity contribution in [1.82, 2.24) is 25.5 Å². The number of likely N-dealkylation sites (tertiary alicyclic amines) is 1. The second kappa shape index (κ2) is 3.70. The Balaban J connectivity index is 2.11. The molecule has 76 valence electrons. The Labute approximate surface area is 80.1 Å². The van der Waals surface area contributed by atoms with Gasteiger partial charge in [-0.25, -0.2) is 0 Å². The van der Waals surface area contributed by atoms with E-state index in [0.29, 0.717) is 6.54 Å². The van der Waals surface area contributed by atoms with Crippen molar-refractivity contribution < 1.29 is 9.90 Å². The monoisotopic (exact) mass is 197 g/mol. The maximum absolute atomic E-state index is 11.7. The van der Waals surface area contributed by atoms with Gasteiger partial charge < -0.3 is 10.0 Å². The van der Waals surface area contributed by atoms with Crippen LogP contribution in [-0.4, -0.2) is 55.7 Å². The molecule has 7 heteroatoms. The highest BCUT2D eigenvalue weighted by Gasteiger charge is 2.30. The number of hydrogen-bond donors (Lipinski definition) is 2. The van der Waals surface area contributed by atoms with Crippen molar-refractivity contribution in [3.05, 3.63) is 5.82 Å². The fourth-order valence-electron chi connectivity index (χ4n) is 1.67. The second-order valence-corrected chi connectivity index (χ2v) is 3.21. The van der Waals surface area contributed by atoms with Crippen molar-refractivity contribution in [1.29, 1.82) is 0 Å². The number of H-pyrrole nitrogens is 1. The molecule has 1 fully saturated rings. The van der Waals surface area contributed by atoms with Gasteiger partial charge in [0.15, 0.2) is 0 Å². The average Bonchev–Trinajstić information content (AvgIpc) is 2.87.